The van der Waals surface area contributed by atoms with Gasteiger partial charge in [-0.05, 0) is 111 Å². The van der Waals surface area contributed by atoms with Crippen LogP contribution in [0.25, 0.3) is 0 Å². The number of carbonyl (C=O) groups is 4. The number of phenolic OH excluding ortho intramolecular Hbond substituents is 2. The van der Waals surface area contributed by atoms with E-state index >= 15 is 0 Å². The van der Waals surface area contributed by atoms with Crippen molar-refractivity contribution in [1.29, 1.82) is 0 Å². The van der Waals surface area contributed by atoms with Gasteiger partial charge in [0.1, 0.15) is 34.7 Å². The number of benzene rings is 4. The number of sulfonamides is 1. The Kier molecular flexibility index (Phi) is 12.3. The Labute approximate surface area is 389 Å². The average Bonchev–Trinajstić information content (AvgIpc) is 3.82. The summed E-state index contributed by atoms with van der Waals surface area (Å²) in [6.07, 6.45) is 3.68. The highest BCUT2D eigenvalue weighted by Crippen LogP contribution is 2.57. The minimum Gasteiger partial charge on any atom is -0.508 e. The number of nitrogens with zero attached hydrogens (tertiary/aromatic N) is 3. The maximum absolute atomic E-state index is 13.5. The van der Waals surface area contributed by atoms with Gasteiger partial charge in [-0.15, -0.1) is 0 Å². The van der Waals surface area contributed by atoms with Crippen LogP contribution in [0, 0.1) is 5.92 Å². The number of esters is 1. The van der Waals surface area contributed by atoms with Crippen molar-refractivity contribution in [3.05, 3.63) is 124 Å². The number of piperidine rings is 1. The minimum atomic E-state index is -4.38. The number of hydrogen-bond donors (Lipinski definition) is 8. The summed E-state index contributed by atoms with van der Waals surface area (Å²) in [7, 11) is -4.38. The monoisotopic (exact) mass is 950 g/mol. The number of phenols is 2. The second kappa shape index (κ2) is 18.3. The van der Waals surface area contributed by atoms with Crippen LogP contribution in [0.3, 0.4) is 0 Å². The largest absolute Gasteiger partial charge is 0.508 e. The number of nitrogens with one attached hydrogen (secondary N) is 5. The predicted octanol–water partition coefficient (Wildman–Crippen LogP) is 3.75. The van der Waals surface area contributed by atoms with E-state index in [-0.39, 0.29) is 62.4 Å². The number of fused-ring (bicyclic) bond motifs is 7. The molecule has 2 amide bonds. The Bertz CT molecular complexity index is 2870. The number of amides is 2. The molecule has 0 bridgehead atoms. The highest BCUT2D eigenvalue weighted by Gasteiger charge is 2.53. The second-order valence-corrected chi connectivity index (χ2v) is 18.9. The summed E-state index contributed by atoms with van der Waals surface area (Å²) < 4.78 is 42.4. The van der Waals surface area contributed by atoms with Gasteiger partial charge >= 0.3 is 11.9 Å². The normalized spacial score (nSPS) is 16.6. The molecule has 1 fully saturated rings. The molecule has 21 heteroatoms. The molecule has 0 radical (unpaired) electrons. The Balaban J connectivity index is 0.792. The first-order valence-corrected chi connectivity index (χ1v) is 23.6. The van der Waals surface area contributed by atoms with Crippen molar-refractivity contribution in [1.82, 2.24) is 35.4 Å². The molecular formula is C46H46N8O11S2. The van der Waals surface area contributed by atoms with Crippen LogP contribution in [0.2, 0.25) is 0 Å². The lowest BCUT2D eigenvalue weighted by molar-refractivity contribution is -0.138. The number of carboxylic acid groups (broad SMARTS) is 1. The molecule has 1 saturated heterocycles. The molecule has 0 aliphatic carbocycles. The van der Waals surface area contributed by atoms with Crippen molar-refractivity contribution < 1.29 is 52.4 Å². The van der Waals surface area contributed by atoms with E-state index in [1.165, 1.54) is 59.3 Å². The third-order valence-electron chi connectivity index (χ3n) is 12.4. The summed E-state index contributed by atoms with van der Waals surface area (Å²) in [5, 5.41) is 46.6. The lowest BCUT2D eigenvalue weighted by atomic mass is 9.77. The van der Waals surface area contributed by atoms with Crippen LogP contribution < -0.4 is 30.7 Å². The Hall–Kier alpha value is -7.07. The number of aryl methyl sites for hydroxylation is 1. The van der Waals surface area contributed by atoms with E-state index in [4.69, 9.17) is 21.7 Å². The number of hydrogen-bond acceptors (Lipinski definition) is 13. The van der Waals surface area contributed by atoms with Crippen LogP contribution in [-0.4, -0.2) is 106 Å². The number of rotatable bonds is 13. The van der Waals surface area contributed by atoms with Gasteiger partial charge in [0.15, 0.2) is 16.4 Å². The van der Waals surface area contributed by atoms with Crippen molar-refractivity contribution in [2.24, 2.45) is 5.92 Å². The van der Waals surface area contributed by atoms with Gasteiger partial charge in [-0.1, -0.05) is 18.2 Å². The quantitative estimate of drug-likeness (QED) is 0.0617. The van der Waals surface area contributed by atoms with Gasteiger partial charge in [-0.3, -0.25) is 19.1 Å². The summed E-state index contributed by atoms with van der Waals surface area (Å²) in [6, 6.07) is 19.3. The number of carboxylic acids is 1. The third-order valence-corrected chi connectivity index (χ3v) is 14.1. The Morgan fingerprint density at radius 1 is 0.896 bits per heavy atom. The van der Waals surface area contributed by atoms with Gasteiger partial charge in [-0.2, -0.15) is 9.82 Å². The highest BCUT2D eigenvalue weighted by atomic mass is 32.2. The van der Waals surface area contributed by atoms with E-state index in [1.54, 1.807) is 35.2 Å². The SMILES string of the molecule is O=C(NC[C@H](NS(=O)(=O)c1ccc(CNC(=S)Nc2ccc3c(c2)C(=O)OC32c3ccc(O)cc3Oc3cc(O)ccc32)cc1)C(=O)O)c1cc2n(n1)CCCN(CCC1CCNCC1)C2=O. The second-order valence-electron chi connectivity index (χ2n) is 16.7. The number of thiocarbonyl (C=S) groups is 1. The molecule has 4 aliphatic rings. The summed E-state index contributed by atoms with van der Waals surface area (Å²) in [6.45, 7) is 3.11. The topological polar surface area (TPSA) is 263 Å². The Morgan fingerprint density at radius 3 is 2.27 bits per heavy atom. The zero-order valence-corrected chi connectivity index (χ0v) is 37.4. The molecule has 1 atom stereocenters. The van der Waals surface area contributed by atoms with E-state index in [2.05, 4.69) is 31.1 Å². The molecule has 0 saturated carbocycles. The van der Waals surface area contributed by atoms with E-state index in [0.29, 0.717) is 59.9 Å². The molecule has 348 valence electrons. The number of aromatic hydroxyl groups is 2. The fraction of sp³-hybridized carbons (Fsp3) is 0.304. The van der Waals surface area contributed by atoms with Crippen molar-refractivity contribution in [3.63, 3.8) is 0 Å². The molecule has 67 heavy (non-hydrogen) atoms. The molecule has 1 spiro atoms. The van der Waals surface area contributed by atoms with Crippen LogP contribution in [0.4, 0.5) is 5.69 Å². The standard InChI is InChI=1S/C46H46N8O11S2/c55-29-5-10-34-39(21-29)64-40-22-30(56)6-11-35(40)46(34)33-9-4-28(20-32(33)44(61)65-46)50-45(66)49-24-27-2-7-31(8-3-27)67(62,63)52-37(43(59)60)25-48-41(57)36-23-38-42(58)53(17-1-18-54(38)51-36)19-14-26-12-15-47-16-13-26/h2-11,20-23,26,37,47,52,55-56H,1,12-19,24-25H2,(H,48,57)(H,59,60)(H2,49,50,66)/t37-/m0/s1. The van der Waals surface area contributed by atoms with Gasteiger partial charge in [0.25, 0.3) is 11.8 Å². The first-order chi connectivity index (χ1) is 32.2. The minimum absolute atomic E-state index is 0.0597. The molecular weight excluding hydrogens is 905 g/mol. The maximum Gasteiger partial charge on any atom is 0.340 e. The van der Waals surface area contributed by atoms with Gasteiger partial charge in [-0.25, -0.2) is 13.2 Å². The van der Waals surface area contributed by atoms with E-state index in [1.807, 2.05) is 0 Å². The van der Waals surface area contributed by atoms with Crippen LogP contribution in [-0.2, 0) is 38.2 Å². The molecule has 4 aliphatic heterocycles. The van der Waals surface area contributed by atoms with Crippen molar-refractivity contribution in [3.8, 4) is 23.0 Å². The van der Waals surface area contributed by atoms with Crippen LogP contribution in [0.15, 0.2) is 89.8 Å². The summed E-state index contributed by atoms with van der Waals surface area (Å²) in [5.74, 6) is -2.19. The summed E-state index contributed by atoms with van der Waals surface area (Å²) >= 11 is 5.52. The van der Waals surface area contributed by atoms with Crippen LogP contribution >= 0.6 is 12.2 Å². The molecule has 19 nitrogen and oxygen atoms in total. The van der Waals surface area contributed by atoms with Gasteiger partial charge < -0.3 is 51.0 Å². The van der Waals surface area contributed by atoms with Crippen molar-refractivity contribution >= 4 is 56.8 Å². The smallest absolute Gasteiger partial charge is 0.340 e. The Morgan fingerprint density at radius 2 is 1.58 bits per heavy atom. The molecule has 8 N–H and O–H groups in total. The summed E-state index contributed by atoms with van der Waals surface area (Å²) in [4.78, 5) is 53.8. The van der Waals surface area contributed by atoms with Crippen LogP contribution in [0.1, 0.15) is 79.3 Å². The number of aromatic nitrogens is 2. The molecule has 5 aromatic rings. The summed E-state index contributed by atoms with van der Waals surface area (Å²) in [5.41, 5.74) is 1.58. The zero-order valence-electron chi connectivity index (χ0n) is 35.8. The van der Waals surface area contributed by atoms with Gasteiger partial charge in [0, 0.05) is 73.3 Å². The number of carbonyl (C=O) groups excluding carboxylic acids is 3. The first kappa shape index (κ1) is 45.1. The molecule has 4 aromatic carbocycles. The molecule has 5 heterocycles. The molecule has 0 unspecified atom stereocenters. The van der Waals surface area contributed by atoms with Crippen LogP contribution in [0.5, 0.6) is 23.0 Å². The maximum atomic E-state index is 13.5. The lowest BCUT2D eigenvalue weighted by Gasteiger charge is -2.36. The number of ether oxygens (including phenoxy) is 2. The number of anilines is 1. The zero-order chi connectivity index (χ0) is 47.0. The molecule has 1 aromatic heterocycles. The predicted molar refractivity (Wildman–Crippen MR) is 245 cm³/mol. The van der Waals surface area contributed by atoms with Crippen molar-refractivity contribution in [2.75, 3.05) is 38.0 Å². The third kappa shape index (κ3) is 9.09. The highest BCUT2D eigenvalue weighted by molar-refractivity contribution is 7.89. The van der Waals surface area contributed by atoms with E-state index in [0.717, 1.165) is 32.4 Å². The number of aliphatic carboxylic acids is 1. The lowest BCUT2D eigenvalue weighted by Crippen LogP contribution is -2.48. The average molecular weight is 951 g/mol. The molecule has 9 rings (SSSR count). The first-order valence-electron chi connectivity index (χ1n) is 21.7. The van der Waals surface area contributed by atoms with Gasteiger partial charge in [0.2, 0.25) is 10.0 Å². The fourth-order valence-electron chi connectivity index (χ4n) is 8.91. The van der Waals surface area contributed by atoms with Crippen molar-refractivity contribution in [2.45, 2.75) is 55.3 Å². The fourth-order valence-corrected chi connectivity index (χ4v) is 10.3. The van der Waals surface area contributed by atoms with Gasteiger partial charge in [0.05, 0.1) is 10.5 Å². The van der Waals surface area contributed by atoms with E-state index in [9.17, 15) is 42.9 Å². The van der Waals surface area contributed by atoms with E-state index < -0.39 is 46.1 Å².